The van der Waals surface area contributed by atoms with Gasteiger partial charge in [0.2, 0.25) is 0 Å². The molecule has 0 bridgehead atoms. The Morgan fingerprint density at radius 1 is 1.50 bits per heavy atom. The Kier molecular flexibility index (Phi) is 4.09. The second-order valence-electron chi connectivity index (χ2n) is 5.45. The summed E-state index contributed by atoms with van der Waals surface area (Å²) < 4.78 is 5.56. The van der Waals surface area contributed by atoms with Crippen molar-refractivity contribution in [1.82, 2.24) is 0 Å². The van der Waals surface area contributed by atoms with Gasteiger partial charge in [0.1, 0.15) is 6.61 Å². The van der Waals surface area contributed by atoms with E-state index in [4.69, 9.17) is 9.84 Å². The molecule has 1 N–H and O–H groups in total. The summed E-state index contributed by atoms with van der Waals surface area (Å²) in [5.74, 6) is -0.947. The van der Waals surface area contributed by atoms with Crippen molar-refractivity contribution in [2.45, 2.75) is 32.3 Å². The maximum Gasteiger partial charge on any atom is 0.303 e. The van der Waals surface area contributed by atoms with E-state index in [-0.39, 0.29) is 18.9 Å². The number of ether oxygens (including phenoxy) is 1. The van der Waals surface area contributed by atoms with Gasteiger partial charge < -0.3 is 14.7 Å². The molecule has 0 aromatic heterocycles. The molecule has 5 nitrogen and oxygen atoms in total. The molecule has 5 heteroatoms. The van der Waals surface area contributed by atoms with Crippen LogP contribution >= 0.6 is 0 Å². The number of morpholine rings is 1. The van der Waals surface area contributed by atoms with Crippen LogP contribution in [0.4, 0.5) is 5.69 Å². The highest BCUT2D eigenvalue weighted by Crippen LogP contribution is 2.28. The summed E-state index contributed by atoms with van der Waals surface area (Å²) >= 11 is 0. The van der Waals surface area contributed by atoms with Crippen molar-refractivity contribution in [2.75, 3.05) is 18.1 Å². The zero-order valence-electron chi connectivity index (χ0n) is 11.8. The van der Waals surface area contributed by atoms with E-state index in [0.29, 0.717) is 13.0 Å². The van der Waals surface area contributed by atoms with Gasteiger partial charge in [-0.2, -0.15) is 0 Å². The van der Waals surface area contributed by atoms with Gasteiger partial charge in [-0.3, -0.25) is 9.59 Å². The first kappa shape index (κ1) is 14.5. The molecule has 0 spiro atoms. The standard InChI is InChI=1S/C15H19NO4/c1-11-4-3-5-12(8-11)16-10-15(2,7-6-14(18)19)20-9-13(16)17/h3-5,8H,6-7,9-10H2,1-2H3,(H,18,19). The minimum Gasteiger partial charge on any atom is -0.481 e. The van der Waals surface area contributed by atoms with E-state index in [1.807, 2.05) is 38.1 Å². The van der Waals surface area contributed by atoms with Crippen molar-refractivity contribution in [3.63, 3.8) is 0 Å². The number of carbonyl (C=O) groups is 2. The van der Waals surface area contributed by atoms with Crippen LogP contribution in [0.2, 0.25) is 0 Å². The number of carbonyl (C=O) groups excluding carboxylic acids is 1. The highest BCUT2D eigenvalue weighted by molar-refractivity contribution is 5.95. The van der Waals surface area contributed by atoms with Gasteiger partial charge in [-0.05, 0) is 38.0 Å². The number of aryl methyl sites for hydroxylation is 1. The van der Waals surface area contributed by atoms with Gasteiger partial charge in [0.05, 0.1) is 12.1 Å². The number of benzene rings is 1. The molecule has 1 aliphatic heterocycles. The third kappa shape index (κ3) is 3.36. The molecule has 1 unspecified atom stereocenters. The van der Waals surface area contributed by atoms with E-state index in [0.717, 1.165) is 11.3 Å². The minimum absolute atomic E-state index is 0.00986. The van der Waals surface area contributed by atoms with Crippen LogP contribution in [0.5, 0.6) is 0 Å². The third-order valence-corrected chi connectivity index (χ3v) is 3.52. The van der Waals surface area contributed by atoms with E-state index < -0.39 is 11.6 Å². The fourth-order valence-electron chi connectivity index (χ4n) is 2.34. The first-order chi connectivity index (χ1) is 9.39. The lowest BCUT2D eigenvalue weighted by atomic mass is 9.97. The van der Waals surface area contributed by atoms with Crippen LogP contribution in [-0.2, 0) is 14.3 Å². The fourth-order valence-corrected chi connectivity index (χ4v) is 2.34. The van der Waals surface area contributed by atoms with Crippen molar-refractivity contribution < 1.29 is 19.4 Å². The predicted molar refractivity (Wildman–Crippen MR) is 74.8 cm³/mol. The van der Waals surface area contributed by atoms with Gasteiger partial charge in [0.15, 0.2) is 0 Å². The van der Waals surface area contributed by atoms with Gasteiger partial charge in [0, 0.05) is 12.1 Å². The predicted octanol–water partition coefficient (Wildman–Crippen LogP) is 1.98. The Morgan fingerprint density at radius 3 is 2.90 bits per heavy atom. The molecule has 1 fully saturated rings. The number of rotatable bonds is 4. The zero-order chi connectivity index (χ0) is 14.8. The summed E-state index contributed by atoms with van der Waals surface area (Å²) in [5, 5.41) is 8.79. The maximum atomic E-state index is 12.0. The van der Waals surface area contributed by atoms with Gasteiger partial charge in [0.25, 0.3) is 5.91 Å². The van der Waals surface area contributed by atoms with Gasteiger partial charge in [-0.25, -0.2) is 0 Å². The van der Waals surface area contributed by atoms with Crippen LogP contribution in [0.25, 0.3) is 0 Å². The Balaban J connectivity index is 2.16. The number of amides is 1. The molecule has 1 aromatic rings. The molecule has 108 valence electrons. The topological polar surface area (TPSA) is 66.8 Å². The van der Waals surface area contributed by atoms with Gasteiger partial charge >= 0.3 is 5.97 Å². The lowest BCUT2D eigenvalue weighted by Gasteiger charge is -2.40. The summed E-state index contributed by atoms with van der Waals surface area (Å²) in [4.78, 5) is 24.4. The first-order valence-electron chi connectivity index (χ1n) is 6.62. The summed E-state index contributed by atoms with van der Waals surface area (Å²) in [6, 6.07) is 7.70. The number of anilines is 1. The summed E-state index contributed by atoms with van der Waals surface area (Å²) in [6.07, 6.45) is 0.421. The molecule has 1 amide bonds. The number of nitrogens with zero attached hydrogens (tertiary/aromatic N) is 1. The molecule has 2 rings (SSSR count). The molecule has 1 saturated heterocycles. The Morgan fingerprint density at radius 2 is 2.25 bits per heavy atom. The average Bonchev–Trinajstić information content (AvgIpc) is 2.40. The molecule has 1 aromatic carbocycles. The van der Waals surface area contributed by atoms with Crippen LogP contribution in [0.1, 0.15) is 25.3 Å². The summed E-state index contributed by atoms with van der Waals surface area (Å²) in [7, 11) is 0. The fraction of sp³-hybridized carbons (Fsp3) is 0.467. The third-order valence-electron chi connectivity index (χ3n) is 3.52. The van der Waals surface area contributed by atoms with Crippen molar-refractivity contribution >= 4 is 17.6 Å². The van der Waals surface area contributed by atoms with Crippen molar-refractivity contribution in [2.24, 2.45) is 0 Å². The molecule has 0 aliphatic carbocycles. The SMILES string of the molecule is Cc1cccc(N2CC(C)(CCC(=O)O)OCC2=O)c1. The number of carboxylic acid groups (broad SMARTS) is 1. The van der Waals surface area contributed by atoms with Crippen molar-refractivity contribution in [3.8, 4) is 0 Å². The van der Waals surface area contributed by atoms with Crippen LogP contribution in [0.15, 0.2) is 24.3 Å². The quantitative estimate of drug-likeness (QED) is 0.914. The van der Waals surface area contributed by atoms with Crippen LogP contribution in [-0.4, -0.2) is 35.7 Å². The van der Waals surface area contributed by atoms with E-state index in [1.54, 1.807) is 4.90 Å². The van der Waals surface area contributed by atoms with Crippen molar-refractivity contribution in [3.05, 3.63) is 29.8 Å². The lowest BCUT2D eigenvalue weighted by Crippen LogP contribution is -2.53. The Hall–Kier alpha value is -1.88. The number of aliphatic carboxylic acids is 1. The molecular weight excluding hydrogens is 258 g/mol. The van der Waals surface area contributed by atoms with Crippen LogP contribution in [0.3, 0.4) is 0 Å². The summed E-state index contributed by atoms with van der Waals surface area (Å²) in [6.45, 7) is 4.19. The second-order valence-corrected chi connectivity index (χ2v) is 5.45. The normalized spacial score (nSPS) is 22.9. The maximum absolute atomic E-state index is 12.0. The van der Waals surface area contributed by atoms with E-state index in [9.17, 15) is 9.59 Å². The largest absolute Gasteiger partial charge is 0.481 e. The Labute approximate surface area is 118 Å². The van der Waals surface area contributed by atoms with Gasteiger partial charge in [-0.15, -0.1) is 0 Å². The highest BCUT2D eigenvalue weighted by atomic mass is 16.5. The zero-order valence-corrected chi connectivity index (χ0v) is 11.8. The second kappa shape index (κ2) is 5.63. The highest BCUT2D eigenvalue weighted by Gasteiger charge is 2.36. The molecule has 0 saturated carbocycles. The molecular formula is C15H19NO4. The van der Waals surface area contributed by atoms with Gasteiger partial charge in [-0.1, -0.05) is 12.1 Å². The monoisotopic (exact) mass is 277 g/mol. The van der Waals surface area contributed by atoms with Crippen molar-refractivity contribution in [1.29, 1.82) is 0 Å². The molecule has 1 aliphatic rings. The number of hydrogen-bond donors (Lipinski definition) is 1. The molecule has 1 heterocycles. The van der Waals surface area contributed by atoms with E-state index in [2.05, 4.69) is 0 Å². The van der Waals surface area contributed by atoms with E-state index in [1.165, 1.54) is 0 Å². The smallest absolute Gasteiger partial charge is 0.303 e. The molecule has 20 heavy (non-hydrogen) atoms. The number of carboxylic acids is 1. The molecule has 1 atom stereocenters. The summed E-state index contributed by atoms with van der Waals surface area (Å²) in [5.41, 5.74) is 1.30. The first-order valence-corrected chi connectivity index (χ1v) is 6.62. The van der Waals surface area contributed by atoms with E-state index >= 15 is 0 Å². The Bertz CT molecular complexity index is 528. The minimum atomic E-state index is -0.853. The number of hydrogen-bond acceptors (Lipinski definition) is 3. The lowest BCUT2D eigenvalue weighted by molar-refractivity contribution is -0.142. The van der Waals surface area contributed by atoms with Crippen LogP contribution in [0, 0.1) is 6.92 Å². The van der Waals surface area contributed by atoms with Crippen LogP contribution < -0.4 is 4.90 Å². The molecule has 0 radical (unpaired) electrons. The average molecular weight is 277 g/mol.